The second kappa shape index (κ2) is 6.54. The molecule has 0 amide bonds. The molecule has 5 nitrogen and oxygen atoms in total. The number of aromatic nitrogens is 2. The summed E-state index contributed by atoms with van der Waals surface area (Å²) in [5, 5.41) is 3.38. The number of hydrogen-bond acceptors (Lipinski definition) is 5. The predicted octanol–water partition coefficient (Wildman–Crippen LogP) is 2.63. The molecule has 23 heavy (non-hydrogen) atoms. The molecule has 0 saturated carbocycles. The van der Waals surface area contributed by atoms with Crippen LogP contribution in [0.3, 0.4) is 0 Å². The maximum Gasteiger partial charge on any atom is 0.227 e. The van der Waals surface area contributed by atoms with E-state index in [4.69, 9.17) is 4.74 Å². The van der Waals surface area contributed by atoms with E-state index in [0.717, 1.165) is 57.3 Å². The zero-order valence-electron chi connectivity index (χ0n) is 13.2. The van der Waals surface area contributed by atoms with Gasteiger partial charge in [-0.05, 0) is 36.5 Å². The molecule has 120 valence electrons. The maximum absolute atomic E-state index is 5.64. The first-order valence-electron chi connectivity index (χ1n) is 8.39. The Morgan fingerprint density at radius 2 is 2.13 bits per heavy atom. The molecule has 2 aliphatic rings. The van der Waals surface area contributed by atoms with Crippen molar-refractivity contribution in [3.63, 3.8) is 0 Å². The third-order valence-electron chi connectivity index (χ3n) is 4.59. The number of rotatable bonds is 4. The summed E-state index contributed by atoms with van der Waals surface area (Å²) in [6, 6.07) is 10.5. The highest BCUT2D eigenvalue weighted by atomic mass is 16.5. The van der Waals surface area contributed by atoms with Crippen LogP contribution >= 0.6 is 0 Å². The molecule has 0 bridgehead atoms. The van der Waals surface area contributed by atoms with Gasteiger partial charge in [-0.1, -0.05) is 24.3 Å². The van der Waals surface area contributed by atoms with Crippen molar-refractivity contribution < 1.29 is 4.74 Å². The van der Waals surface area contributed by atoms with E-state index in [-0.39, 0.29) is 0 Å². The van der Waals surface area contributed by atoms with Crippen molar-refractivity contribution in [3.8, 4) is 0 Å². The van der Waals surface area contributed by atoms with Crippen LogP contribution in [0.5, 0.6) is 0 Å². The fraction of sp³-hybridized carbons (Fsp3) is 0.444. The van der Waals surface area contributed by atoms with E-state index >= 15 is 0 Å². The van der Waals surface area contributed by atoms with Gasteiger partial charge in [0.1, 0.15) is 5.82 Å². The highest BCUT2D eigenvalue weighted by Crippen LogP contribution is 2.22. The van der Waals surface area contributed by atoms with E-state index in [9.17, 15) is 0 Å². The molecule has 3 heterocycles. The number of nitrogens with zero attached hydrogens (tertiary/aromatic N) is 3. The lowest BCUT2D eigenvalue weighted by atomic mass is 10.0. The summed E-state index contributed by atoms with van der Waals surface area (Å²) in [5.41, 5.74) is 2.82. The summed E-state index contributed by atoms with van der Waals surface area (Å²) in [6.07, 6.45) is 5.49. The van der Waals surface area contributed by atoms with Gasteiger partial charge in [-0.25, -0.2) is 4.98 Å². The van der Waals surface area contributed by atoms with Crippen LogP contribution in [0.4, 0.5) is 11.8 Å². The largest absolute Gasteiger partial charge is 0.376 e. The molecule has 1 fully saturated rings. The van der Waals surface area contributed by atoms with E-state index in [1.807, 2.05) is 12.3 Å². The molecule has 2 aromatic rings. The first kappa shape index (κ1) is 14.5. The van der Waals surface area contributed by atoms with Gasteiger partial charge >= 0.3 is 0 Å². The summed E-state index contributed by atoms with van der Waals surface area (Å²) in [5.74, 6) is 1.68. The van der Waals surface area contributed by atoms with E-state index in [2.05, 4.69) is 44.5 Å². The molecule has 1 saturated heterocycles. The van der Waals surface area contributed by atoms with Crippen molar-refractivity contribution in [1.82, 2.24) is 9.97 Å². The Morgan fingerprint density at radius 1 is 1.22 bits per heavy atom. The highest BCUT2D eigenvalue weighted by molar-refractivity contribution is 5.44. The zero-order valence-corrected chi connectivity index (χ0v) is 13.2. The van der Waals surface area contributed by atoms with Gasteiger partial charge in [-0.15, -0.1) is 0 Å². The quantitative estimate of drug-likeness (QED) is 0.941. The molecule has 1 aromatic heterocycles. The summed E-state index contributed by atoms with van der Waals surface area (Å²) in [6.45, 7) is 3.55. The van der Waals surface area contributed by atoms with Crippen LogP contribution in [0.15, 0.2) is 36.5 Å². The zero-order chi connectivity index (χ0) is 15.5. The minimum absolute atomic E-state index is 0.315. The first-order chi connectivity index (χ1) is 11.4. The van der Waals surface area contributed by atoms with Crippen molar-refractivity contribution >= 4 is 11.8 Å². The van der Waals surface area contributed by atoms with Gasteiger partial charge in [0.15, 0.2) is 0 Å². The topological polar surface area (TPSA) is 50.3 Å². The van der Waals surface area contributed by atoms with E-state index in [1.165, 1.54) is 11.1 Å². The normalized spacial score (nSPS) is 20.3. The second-order valence-electron chi connectivity index (χ2n) is 6.20. The average molecular weight is 310 g/mol. The van der Waals surface area contributed by atoms with Gasteiger partial charge in [-0.2, -0.15) is 4.98 Å². The fourth-order valence-corrected chi connectivity index (χ4v) is 3.29. The predicted molar refractivity (Wildman–Crippen MR) is 90.7 cm³/mol. The number of nitrogens with one attached hydrogen (secondary N) is 1. The van der Waals surface area contributed by atoms with Crippen LogP contribution in [-0.2, 0) is 17.7 Å². The molecule has 1 N–H and O–H groups in total. The molecule has 2 aliphatic heterocycles. The molecule has 0 aliphatic carbocycles. The highest BCUT2D eigenvalue weighted by Gasteiger charge is 2.19. The maximum atomic E-state index is 5.64. The summed E-state index contributed by atoms with van der Waals surface area (Å²) in [4.78, 5) is 11.4. The van der Waals surface area contributed by atoms with Gasteiger partial charge in [0.2, 0.25) is 5.95 Å². The smallest absolute Gasteiger partial charge is 0.227 e. The second-order valence-corrected chi connectivity index (χ2v) is 6.20. The van der Waals surface area contributed by atoms with Crippen molar-refractivity contribution in [2.75, 3.05) is 29.9 Å². The van der Waals surface area contributed by atoms with Crippen LogP contribution < -0.4 is 10.2 Å². The SMILES string of the molecule is c1ccc2c(c1)CCN(c1nccc(NCC3CCCO3)n1)C2. The Kier molecular flexibility index (Phi) is 4.11. The Labute approximate surface area is 136 Å². The number of benzene rings is 1. The Balaban J connectivity index is 1.44. The standard InChI is InChI=1S/C18H22N4O/c1-2-5-15-13-22(10-8-14(15)4-1)18-19-9-7-17(21-18)20-12-16-6-3-11-23-16/h1-2,4-5,7,9,16H,3,6,8,10-13H2,(H,19,20,21). The molecular formula is C18H22N4O. The van der Waals surface area contributed by atoms with E-state index in [1.54, 1.807) is 0 Å². The summed E-state index contributed by atoms with van der Waals surface area (Å²) in [7, 11) is 0. The molecule has 4 rings (SSSR count). The number of anilines is 2. The summed E-state index contributed by atoms with van der Waals surface area (Å²) >= 11 is 0. The van der Waals surface area contributed by atoms with Crippen LogP contribution in [0, 0.1) is 0 Å². The van der Waals surface area contributed by atoms with Crippen molar-refractivity contribution in [3.05, 3.63) is 47.7 Å². The van der Waals surface area contributed by atoms with Crippen LogP contribution in [-0.4, -0.2) is 35.8 Å². The average Bonchev–Trinajstić information content (AvgIpc) is 3.13. The van der Waals surface area contributed by atoms with Gasteiger partial charge in [0.05, 0.1) is 6.10 Å². The van der Waals surface area contributed by atoms with Crippen molar-refractivity contribution in [2.24, 2.45) is 0 Å². The molecule has 0 radical (unpaired) electrons. The Bertz CT molecular complexity index is 670. The van der Waals surface area contributed by atoms with Crippen LogP contribution in [0.25, 0.3) is 0 Å². The molecule has 1 atom stereocenters. The Morgan fingerprint density at radius 3 is 3.00 bits per heavy atom. The summed E-state index contributed by atoms with van der Waals surface area (Å²) < 4.78 is 5.64. The van der Waals surface area contributed by atoms with Gasteiger partial charge < -0.3 is 15.0 Å². The lowest BCUT2D eigenvalue weighted by molar-refractivity contribution is 0.120. The first-order valence-corrected chi connectivity index (χ1v) is 8.39. The monoisotopic (exact) mass is 310 g/mol. The van der Waals surface area contributed by atoms with E-state index in [0.29, 0.717) is 6.10 Å². The molecule has 0 spiro atoms. The Hall–Kier alpha value is -2.14. The fourth-order valence-electron chi connectivity index (χ4n) is 3.29. The van der Waals surface area contributed by atoms with Crippen LogP contribution in [0.2, 0.25) is 0 Å². The van der Waals surface area contributed by atoms with Gasteiger partial charge in [0, 0.05) is 32.4 Å². The van der Waals surface area contributed by atoms with Gasteiger partial charge in [0.25, 0.3) is 0 Å². The van der Waals surface area contributed by atoms with Crippen LogP contribution in [0.1, 0.15) is 24.0 Å². The number of hydrogen-bond donors (Lipinski definition) is 1. The lowest BCUT2D eigenvalue weighted by Crippen LogP contribution is -2.32. The number of ether oxygens (including phenoxy) is 1. The van der Waals surface area contributed by atoms with Crippen molar-refractivity contribution in [1.29, 1.82) is 0 Å². The molecule has 1 unspecified atom stereocenters. The van der Waals surface area contributed by atoms with E-state index < -0.39 is 0 Å². The molecular weight excluding hydrogens is 288 g/mol. The third kappa shape index (κ3) is 3.29. The van der Waals surface area contributed by atoms with Gasteiger partial charge in [-0.3, -0.25) is 0 Å². The minimum Gasteiger partial charge on any atom is -0.376 e. The minimum atomic E-state index is 0.315. The third-order valence-corrected chi connectivity index (χ3v) is 4.59. The van der Waals surface area contributed by atoms with Crippen molar-refractivity contribution in [2.45, 2.75) is 31.9 Å². The molecule has 1 aromatic carbocycles. The number of fused-ring (bicyclic) bond motifs is 1. The lowest BCUT2D eigenvalue weighted by Gasteiger charge is -2.29. The molecule has 5 heteroatoms.